The Balaban J connectivity index is 0. The summed E-state index contributed by atoms with van der Waals surface area (Å²) in [6.07, 6.45) is 0. The second-order valence-electron chi connectivity index (χ2n) is 0. The summed E-state index contributed by atoms with van der Waals surface area (Å²) in [7, 11) is 0. The van der Waals surface area contributed by atoms with Crippen molar-refractivity contribution in [1.29, 1.82) is 0 Å². The summed E-state index contributed by atoms with van der Waals surface area (Å²) in [6, 6.07) is 0. The molecule has 0 saturated carbocycles. The van der Waals surface area contributed by atoms with Gasteiger partial charge < -0.3 is 27.4 Å². The standard InChI is InChI=1S/2Mg.2Ni.5O.2V.4H/q;;;;5*-2;2*+5;;;;. The topological polar surface area (TPSA) is 142 Å². The van der Waals surface area contributed by atoms with Gasteiger partial charge in [0.25, 0.3) is 0 Å². The molecule has 5 nitrogen and oxygen atoms in total. The predicted molar refractivity (Wildman–Crippen MR) is 20.5 cm³/mol. The first-order valence-corrected chi connectivity index (χ1v) is 0. The summed E-state index contributed by atoms with van der Waals surface area (Å²) in [6.45, 7) is 0. The quantitative estimate of drug-likeness (QED) is 0.427. The fourth-order valence-electron chi connectivity index (χ4n) is 0. The Morgan fingerprint density at radius 1 is 0.364 bits per heavy atom. The molecule has 0 aromatic carbocycles. The van der Waals surface area contributed by atoms with Crippen molar-refractivity contribution in [2.45, 2.75) is 0 Å². The van der Waals surface area contributed by atoms with Crippen molar-refractivity contribution in [2.24, 2.45) is 0 Å². The molecule has 0 aliphatic heterocycles. The summed E-state index contributed by atoms with van der Waals surface area (Å²) < 4.78 is 0. The number of rotatable bonds is 0. The predicted octanol–water partition coefficient (Wildman–Crippen LogP) is -2.44. The van der Waals surface area contributed by atoms with Crippen molar-refractivity contribution in [3.63, 3.8) is 0 Å². The van der Waals surface area contributed by atoms with E-state index in [0.29, 0.717) is 0 Å². The molecule has 0 aliphatic rings. The largest absolute Gasteiger partial charge is 5.00 e. The minimum atomic E-state index is 0. The Hall–Kier alpha value is 3.49. The second-order valence-corrected chi connectivity index (χ2v) is 0. The van der Waals surface area contributed by atoms with Crippen LogP contribution in [0.1, 0.15) is 0 Å². The second kappa shape index (κ2) is 173. The van der Waals surface area contributed by atoms with Gasteiger partial charge in [-0.2, -0.15) is 0 Å². The van der Waals surface area contributed by atoms with E-state index < -0.39 is 0 Å². The normalized spacial score (nSPS) is 0. The fraction of sp³-hybridized carbons (Fsp3) is 0. The van der Waals surface area contributed by atoms with Gasteiger partial charge in [-0.1, -0.05) is 0 Å². The Morgan fingerprint density at radius 2 is 0.364 bits per heavy atom. The molecule has 0 amide bonds. The fourth-order valence-corrected chi connectivity index (χ4v) is 0. The van der Waals surface area contributed by atoms with E-state index in [2.05, 4.69) is 0 Å². The summed E-state index contributed by atoms with van der Waals surface area (Å²) in [5.41, 5.74) is 0. The van der Waals surface area contributed by atoms with E-state index in [1.54, 1.807) is 0 Å². The van der Waals surface area contributed by atoms with Crippen molar-refractivity contribution in [2.75, 3.05) is 0 Å². The van der Waals surface area contributed by atoms with Crippen LogP contribution in [0.4, 0.5) is 0 Å². The van der Waals surface area contributed by atoms with Gasteiger partial charge in [-0.25, -0.2) is 0 Å². The van der Waals surface area contributed by atoms with Gasteiger partial charge >= 0.3 is 83.2 Å². The van der Waals surface area contributed by atoms with Crippen LogP contribution in [0.3, 0.4) is 0 Å². The van der Waals surface area contributed by atoms with Crippen LogP contribution >= 0.6 is 0 Å². The average molecular weight is 352 g/mol. The van der Waals surface area contributed by atoms with Crippen LogP contribution < -0.4 is 0 Å². The average Bonchev–Trinajstić information content (AvgIpc) is 0. The monoisotopic (exact) mass is 350 g/mol. The van der Waals surface area contributed by atoms with Crippen LogP contribution in [0.2, 0.25) is 0 Å². The Labute approximate surface area is 141 Å². The molecule has 0 aromatic rings. The SMILES string of the molecule is [MgH2].[MgH2].[Ni].[Ni].[O-2].[O-2].[O-2].[O-2].[O-2].[V+5].[V+5]. The Morgan fingerprint density at radius 3 is 0.364 bits per heavy atom. The molecular weight excluding hydrogens is 348 g/mol. The number of hydrogen-bond acceptors (Lipinski definition) is 0. The third-order valence-corrected chi connectivity index (χ3v) is 0. The van der Waals surface area contributed by atoms with Gasteiger partial charge in [0, 0.05) is 33.0 Å². The van der Waals surface area contributed by atoms with Gasteiger partial charge in [0.2, 0.25) is 0 Å². The molecule has 0 bridgehead atoms. The zero-order valence-corrected chi connectivity index (χ0v) is 8.34. The van der Waals surface area contributed by atoms with Gasteiger partial charge in [0.05, 0.1) is 0 Å². The van der Waals surface area contributed by atoms with E-state index in [1.165, 1.54) is 0 Å². The minimum Gasteiger partial charge on any atom is -2.00 e. The molecular formula is H4Mg2Ni2O5V2. The summed E-state index contributed by atoms with van der Waals surface area (Å²) in [4.78, 5) is 0. The summed E-state index contributed by atoms with van der Waals surface area (Å²) in [5.74, 6) is 0. The summed E-state index contributed by atoms with van der Waals surface area (Å²) >= 11 is 0. The van der Waals surface area contributed by atoms with E-state index in [1.807, 2.05) is 0 Å². The molecule has 0 unspecified atom stereocenters. The van der Waals surface area contributed by atoms with E-state index in [-0.39, 0.29) is 144 Å². The van der Waals surface area contributed by atoms with E-state index in [9.17, 15) is 0 Å². The minimum absolute atomic E-state index is 0. The molecule has 0 heterocycles. The smallest absolute Gasteiger partial charge is 2.00 e. The molecule has 0 aliphatic carbocycles. The molecule has 11 heavy (non-hydrogen) atoms. The zero-order valence-electron chi connectivity index (χ0n) is 3.57. The van der Waals surface area contributed by atoms with Crippen molar-refractivity contribution in [3.05, 3.63) is 0 Å². The molecule has 0 radical (unpaired) electrons. The van der Waals surface area contributed by atoms with Gasteiger partial charge in [-0.15, -0.1) is 0 Å². The number of hydrogen-bond donors (Lipinski definition) is 0. The van der Waals surface area contributed by atoms with Crippen LogP contribution in [0.5, 0.6) is 0 Å². The van der Waals surface area contributed by atoms with E-state index in [0.717, 1.165) is 0 Å². The molecule has 0 rings (SSSR count). The maximum absolute atomic E-state index is 0. The van der Waals surface area contributed by atoms with Crippen LogP contribution in [-0.2, 0) is 97.5 Å². The first kappa shape index (κ1) is 217. The molecule has 0 aromatic heterocycles. The molecule has 0 atom stereocenters. The van der Waals surface area contributed by atoms with Crippen molar-refractivity contribution in [1.82, 2.24) is 0 Å². The first-order valence-electron chi connectivity index (χ1n) is 0. The molecule has 68 valence electrons. The molecule has 11 heteroatoms. The van der Waals surface area contributed by atoms with Crippen molar-refractivity contribution >= 4 is 46.1 Å². The third-order valence-electron chi connectivity index (χ3n) is 0. The van der Waals surface area contributed by atoms with Gasteiger partial charge in [-0.05, 0) is 0 Å². The molecule has 0 fully saturated rings. The third kappa shape index (κ3) is 146. The Bertz CT molecular complexity index is 20.4. The Kier molecular flexibility index (Phi) is 3400. The molecule has 0 saturated heterocycles. The van der Waals surface area contributed by atoms with Crippen LogP contribution in [0.25, 0.3) is 0 Å². The molecule has 0 N–H and O–H groups in total. The van der Waals surface area contributed by atoms with Crippen LogP contribution in [0, 0.1) is 0 Å². The van der Waals surface area contributed by atoms with Crippen molar-refractivity contribution < 1.29 is 97.5 Å². The van der Waals surface area contributed by atoms with E-state index >= 15 is 0 Å². The first-order chi connectivity index (χ1) is 0. The van der Waals surface area contributed by atoms with Crippen LogP contribution in [0.15, 0.2) is 0 Å². The van der Waals surface area contributed by atoms with Gasteiger partial charge in [0.15, 0.2) is 0 Å². The molecule has 0 spiro atoms. The van der Waals surface area contributed by atoms with Gasteiger partial charge in [-0.3, -0.25) is 0 Å². The summed E-state index contributed by atoms with van der Waals surface area (Å²) in [5, 5.41) is 0. The van der Waals surface area contributed by atoms with E-state index in [4.69, 9.17) is 0 Å². The zero-order chi connectivity index (χ0) is 0. The van der Waals surface area contributed by atoms with Crippen molar-refractivity contribution in [3.8, 4) is 0 Å². The van der Waals surface area contributed by atoms with Gasteiger partial charge in [0.1, 0.15) is 0 Å². The maximum Gasteiger partial charge on any atom is 5.00 e. The maximum atomic E-state index is 0. The van der Waals surface area contributed by atoms with Crippen LogP contribution in [-0.4, -0.2) is 46.1 Å².